The minimum atomic E-state index is -1.01. The van der Waals surface area contributed by atoms with E-state index in [-0.39, 0.29) is 6.10 Å². The maximum atomic E-state index is 11.1. The molecule has 1 N–H and O–H groups in total. The van der Waals surface area contributed by atoms with E-state index in [1.54, 1.807) is 18.5 Å². The third kappa shape index (κ3) is 5.76. The zero-order valence-electron chi connectivity index (χ0n) is 21.8. The highest BCUT2D eigenvalue weighted by Gasteiger charge is 2.30. The van der Waals surface area contributed by atoms with Crippen LogP contribution in [0, 0.1) is 0 Å². The van der Waals surface area contributed by atoms with Crippen molar-refractivity contribution in [2.45, 2.75) is 38.0 Å². The second-order valence-electron chi connectivity index (χ2n) is 10.0. The van der Waals surface area contributed by atoms with Crippen molar-refractivity contribution in [3.05, 3.63) is 101 Å². The van der Waals surface area contributed by atoms with Gasteiger partial charge in [-0.25, -0.2) is 14.8 Å². The van der Waals surface area contributed by atoms with Gasteiger partial charge in [0.25, 0.3) is 0 Å². The van der Waals surface area contributed by atoms with Gasteiger partial charge in [-0.3, -0.25) is 4.90 Å². The van der Waals surface area contributed by atoms with E-state index >= 15 is 0 Å². The molecule has 0 amide bonds. The van der Waals surface area contributed by atoms with Crippen LogP contribution in [-0.4, -0.2) is 50.2 Å². The van der Waals surface area contributed by atoms with Gasteiger partial charge < -0.3 is 23.6 Å². The number of halogens is 1. The van der Waals surface area contributed by atoms with E-state index in [9.17, 15) is 4.79 Å². The summed E-state index contributed by atoms with van der Waals surface area (Å²) in [5, 5.41) is 9.78. The summed E-state index contributed by atoms with van der Waals surface area (Å²) in [6, 6.07) is 13.9. The van der Waals surface area contributed by atoms with Gasteiger partial charge in [-0.05, 0) is 61.7 Å². The fourth-order valence-electron chi connectivity index (χ4n) is 5.40. The number of imidazole rings is 1. The molecule has 1 saturated heterocycles. The van der Waals surface area contributed by atoms with E-state index in [4.69, 9.17) is 30.6 Å². The van der Waals surface area contributed by atoms with Crippen molar-refractivity contribution in [1.82, 2.24) is 19.4 Å². The zero-order chi connectivity index (χ0) is 27.5. The lowest BCUT2D eigenvalue weighted by Gasteiger charge is -2.34. The number of aliphatic carboxylic acids is 1. The number of likely N-dealkylation sites (tertiary alicyclic amines) is 1. The Kier molecular flexibility index (Phi) is 7.57. The molecule has 2 aliphatic rings. The number of hydrogen-bond acceptors (Lipinski definition) is 7. The summed E-state index contributed by atoms with van der Waals surface area (Å²) in [5.41, 5.74) is 2.94. The topological polar surface area (TPSA) is 103 Å². The minimum Gasteiger partial charge on any atom is -0.485 e. The van der Waals surface area contributed by atoms with Crippen LogP contribution in [0.1, 0.15) is 53.3 Å². The summed E-state index contributed by atoms with van der Waals surface area (Å²) in [6.45, 7) is 3.33. The molecule has 0 saturated carbocycles. The second kappa shape index (κ2) is 11.6. The van der Waals surface area contributed by atoms with Gasteiger partial charge in [0.1, 0.15) is 18.2 Å². The van der Waals surface area contributed by atoms with Gasteiger partial charge in [0.05, 0.1) is 31.2 Å². The molecule has 0 radical (unpaired) electrons. The third-order valence-electron chi connectivity index (χ3n) is 7.46. The molecule has 2 aromatic heterocycles. The van der Waals surface area contributed by atoms with Crippen LogP contribution in [0.5, 0.6) is 11.5 Å². The van der Waals surface area contributed by atoms with Crippen molar-refractivity contribution in [2.75, 3.05) is 19.7 Å². The number of nitrogens with zero attached hydrogens (tertiary/aromatic N) is 4. The SMILES string of the molecule is O=C(O)/C=C/c1cnc(CN2CCC(c3cccc4c3OC[C@@H](c3ccc(Cl)cc3)O4)CC2)n1Cc1cnco1. The first-order valence-electron chi connectivity index (χ1n) is 13.3. The number of carboxylic acid groups (broad SMARTS) is 1. The molecular formula is C30H29ClN4O5. The van der Waals surface area contributed by atoms with Crippen LogP contribution in [0.4, 0.5) is 0 Å². The Morgan fingerprint density at radius 2 is 1.93 bits per heavy atom. The van der Waals surface area contributed by atoms with Crippen molar-refractivity contribution < 1.29 is 23.8 Å². The molecule has 0 bridgehead atoms. The monoisotopic (exact) mass is 560 g/mol. The fraction of sp³-hybridized carbons (Fsp3) is 0.300. The van der Waals surface area contributed by atoms with Crippen molar-refractivity contribution >= 4 is 23.6 Å². The molecule has 2 aromatic carbocycles. The predicted molar refractivity (Wildman–Crippen MR) is 149 cm³/mol. The highest BCUT2D eigenvalue weighted by Crippen LogP contribution is 2.44. The molecule has 40 heavy (non-hydrogen) atoms. The zero-order valence-corrected chi connectivity index (χ0v) is 22.5. The Balaban J connectivity index is 1.12. The molecule has 1 atom stereocenters. The van der Waals surface area contributed by atoms with Gasteiger partial charge in [-0.15, -0.1) is 0 Å². The molecule has 0 aliphatic carbocycles. The lowest BCUT2D eigenvalue weighted by atomic mass is 9.88. The number of carboxylic acids is 1. The molecule has 9 nitrogen and oxygen atoms in total. The highest BCUT2D eigenvalue weighted by atomic mass is 35.5. The first kappa shape index (κ1) is 26.2. The summed E-state index contributed by atoms with van der Waals surface area (Å²) in [5.74, 6) is 2.52. The number of ether oxygens (including phenoxy) is 2. The summed E-state index contributed by atoms with van der Waals surface area (Å²) in [4.78, 5) is 22.1. The second-order valence-corrected chi connectivity index (χ2v) is 10.5. The lowest BCUT2D eigenvalue weighted by Crippen LogP contribution is -2.34. The molecular weight excluding hydrogens is 532 g/mol. The minimum absolute atomic E-state index is 0.169. The average Bonchev–Trinajstić information content (AvgIpc) is 3.62. The summed E-state index contributed by atoms with van der Waals surface area (Å²) < 4.78 is 20.0. The molecule has 0 unspecified atom stereocenters. The van der Waals surface area contributed by atoms with E-state index in [0.29, 0.717) is 42.1 Å². The van der Waals surface area contributed by atoms with Crippen molar-refractivity contribution in [3.8, 4) is 11.5 Å². The van der Waals surface area contributed by atoms with E-state index in [2.05, 4.69) is 20.9 Å². The number of aromatic nitrogens is 3. The highest BCUT2D eigenvalue weighted by molar-refractivity contribution is 6.30. The van der Waals surface area contributed by atoms with Crippen LogP contribution >= 0.6 is 11.6 Å². The standard InChI is InChI=1S/C30H29ClN4O5/c31-22-6-4-21(5-7-22)27-18-38-30-25(2-1-3-26(30)40-27)20-10-12-34(13-11-20)17-28-33-14-23(8-9-29(36)37)35(28)16-24-15-32-19-39-24/h1-9,14-15,19-20,27H,10-13,16-18H2,(H,36,37)/b9-8+/t27-/m0/s1. The fourth-order valence-corrected chi connectivity index (χ4v) is 5.52. The van der Waals surface area contributed by atoms with E-state index in [1.807, 2.05) is 41.0 Å². The van der Waals surface area contributed by atoms with E-state index in [1.165, 1.54) is 12.0 Å². The van der Waals surface area contributed by atoms with E-state index < -0.39 is 5.97 Å². The lowest BCUT2D eigenvalue weighted by molar-refractivity contribution is -0.131. The van der Waals surface area contributed by atoms with Crippen LogP contribution in [0.3, 0.4) is 0 Å². The largest absolute Gasteiger partial charge is 0.485 e. The number of piperidine rings is 1. The van der Waals surface area contributed by atoms with Crippen LogP contribution in [-0.2, 0) is 17.9 Å². The average molecular weight is 561 g/mol. The maximum absolute atomic E-state index is 11.1. The number of para-hydroxylation sites is 1. The molecule has 0 spiro atoms. The van der Waals surface area contributed by atoms with Gasteiger partial charge >= 0.3 is 5.97 Å². The number of rotatable bonds is 8. The number of carbonyl (C=O) groups is 1. The van der Waals surface area contributed by atoms with Gasteiger partial charge in [-0.2, -0.15) is 0 Å². The third-order valence-corrected chi connectivity index (χ3v) is 7.71. The molecule has 206 valence electrons. The number of oxazole rings is 1. The van der Waals surface area contributed by atoms with Crippen LogP contribution < -0.4 is 9.47 Å². The van der Waals surface area contributed by atoms with Crippen molar-refractivity contribution in [1.29, 1.82) is 0 Å². The number of fused-ring (bicyclic) bond motifs is 1. The summed E-state index contributed by atoms with van der Waals surface area (Å²) >= 11 is 6.05. The number of hydrogen-bond donors (Lipinski definition) is 1. The molecule has 10 heteroatoms. The van der Waals surface area contributed by atoms with Gasteiger partial charge in [0.15, 0.2) is 24.0 Å². The quantitative estimate of drug-likeness (QED) is 0.279. The summed E-state index contributed by atoms with van der Waals surface area (Å²) in [7, 11) is 0. The van der Waals surface area contributed by atoms with Crippen LogP contribution in [0.2, 0.25) is 5.02 Å². The Morgan fingerprint density at radius 3 is 2.67 bits per heavy atom. The molecule has 6 rings (SSSR count). The van der Waals surface area contributed by atoms with Crippen LogP contribution in [0.25, 0.3) is 6.08 Å². The van der Waals surface area contributed by atoms with Gasteiger partial charge in [0, 0.05) is 16.7 Å². The van der Waals surface area contributed by atoms with E-state index in [0.717, 1.165) is 54.9 Å². The Morgan fingerprint density at radius 1 is 1.10 bits per heavy atom. The summed E-state index contributed by atoms with van der Waals surface area (Å²) in [6.07, 6.45) is 9.21. The van der Waals surface area contributed by atoms with Gasteiger partial charge in [-0.1, -0.05) is 35.9 Å². The first-order valence-corrected chi connectivity index (χ1v) is 13.6. The Hall–Kier alpha value is -4.08. The van der Waals surface area contributed by atoms with Crippen molar-refractivity contribution in [3.63, 3.8) is 0 Å². The Bertz CT molecular complexity index is 1490. The predicted octanol–water partition coefficient (Wildman–Crippen LogP) is 5.56. The first-order chi connectivity index (χ1) is 19.5. The maximum Gasteiger partial charge on any atom is 0.328 e. The molecule has 1 fully saturated rings. The normalized spacial score (nSPS) is 17.9. The van der Waals surface area contributed by atoms with Gasteiger partial charge in [0.2, 0.25) is 0 Å². The van der Waals surface area contributed by atoms with Crippen LogP contribution in [0.15, 0.2) is 71.7 Å². The number of benzene rings is 2. The smallest absolute Gasteiger partial charge is 0.328 e. The Labute approximate surface area is 236 Å². The molecule has 4 aromatic rings. The molecule has 2 aliphatic heterocycles. The molecule has 4 heterocycles. The van der Waals surface area contributed by atoms with Crippen molar-refractivity contribution in [2.24, 2.45) is 0 Å².